The second kappa shape index (κ2) is 5.58. The van der Waals surface area contributed by atoms with Crippen molar-refractivity contribution >= 4 is 22.2 Å². The van der Waals surface area contributed by atoms with Gasteiger partial charge in [0.25, 0.3) is 0 Å². The molecule has 0 aliphatic heterocycles. The SMILES string of the molecule is C/C(=N/Nc1snnc1C)c1cccc(C(F)(F)F)c1. The van der Waals surface area contributed by atoms with Crippen molar-refractivity contribution in [2.45, 2.75) is 20.0 Å². The number of rotatable bonds is 3. The highest BCUT2D eigenvalue weighted by Gasteiger charge is 2.30. The van der Waals surface area contributed by atoms with Crippen molar-refractivity contribution < 1.29 is 13.2 Å². The summed E-state index contributed by atoms with van der Waals surface area (Å²) in [5.74, 6) is 0. The van der Waals surface area contributed by atoms with E-state index in [1.165, 1.54) is 6.07 Å². The molecule has 2 rings (SSSR count). The van der Waals surface area contributed by atoms with Crippen LogP contribution in [0.4, 0.5) is 18.2 Å². The van der Waals surface area contributed by atoms with E-state index >= 15 is 0 Å². The zero-order valence-electron chi connectivity index (χ0n) is 10.7. The molecule has 1 N–H and O–H groups in total. The van der Waals surface area contributed by atoms with E-state index in [1.54, 1.807) is 19.9 Å². The Bertz CT molecular complexity index is 634. The molecule has 1 aromatic carbocycles. The van der Waals surface area contributed by atoms with Crippen LogP contribution in [-0.2, 0) is 6.18 Å². The summed E-state index contributed by atoms with van der Waals surface area (Å²) in [7, 11) is 0. The first-order valence-corrected chi connectivity index (χ1v) is 6.42. The average molecular weight is 300 g/mol. The number of benzene rings is 1. The van der Waals surface area contributed by atoms with Gasteiger partial charge in [0.2, 0.25) is 0 Å². The van der Waals surface area contributed by atoms with Crippen LogP contribution in [0, 0.1) is 6.92 Å². The minimum Gasteiger partial charge on any atom is -0.265 e. The standard InChI is InChI=1S/C12H11F3N4S/c1-7(16-18-11-8(2)17-19-20-11)9-4-3-5-10(6-9)12(13,14)15/h3-6,18H,1-2H3/b16-7-. The topological polar surface area (TPSA) is 50.2 Å². The summed E-state index contributed by atoms with van der Waals surface area (Å²) in [6.07, 6.45) is -4.36. The van der Waals surface area contributed by atoms with Gasteiger partial charge in [-0.25, -0.2) is 0 Å². The van der Waals surface area contributed by atoms with Crippen LogP contribution < -0.4 is 5.43 Å². The van der Waals surface area contributed by atoms with Crippen LogP contribution in [-0.4, -0.2) is 15.3 Å². The summed E-state index contributed by atoms with van der Waals surface area (Å²) >= 11 is 1.13. The van der Waals surface area contributed by atoms with Crippen LogP contribution in [0.15, 0.2) is 29.4 Å². The Morgan fingerprint density at radius 1 is 1.35 bits per heavy atom. The molecule has 0 bridgehead atoms. The van der Waals surface area contributed by atoms with E-state index in [4.69, 9.17) is 0 Å². The van der Waals surface area contributed by atoms with Crippen molar-refractivity contribution in [2.24, 2.45) is 5.10 Å². The van der Waals surface area contributed by atoms with E-state index in [0.717, 1.165) is 23.7 Å². The van der Waals surface area contributed by atoms with Gasteiger partial charge in [-0.3, -0.25) is 5.43 Å². The molecule has 0 aliphatic rings. The summed E-state index contributed by atoms with van der Waals surface area (Å²) in [5.41, 5.74) is 3.60. The lowest BCUT2D eigenvalue weighted by Gasteiger charge is -2.08. The lowest BCUT2D eigenvalue weighted by Crippen LogP contribution is -2.07. The number of halogens is 3. The van der Waals surface area contributed by atoms with Gasteiger partial charge < -0.3 is 0 Å². The number of hydrogen-bond donors (Lipinski definition) is 1. The second-order valence-corrected chi connectivity index (χ2v) is 4.83. The molecule has 0 fully saturated rings. The van der Waals surface area contributed by atoms with Crippen molar-refractivity contribution in [1.82, 2.24) is 9.59 Å². The number of nitrogens with zero attached hydrogens (tertiary/aromatic N) is 3. The number of aryl methyl sites for hydroxylation is 1. The maximum absolute atomic E-state index is 12.6. The van der Waals surface area contributed by atoms with E-state index in [0.29, 0.717) is 22.0 Å². The van der Waals surface area contributed by atoms with E-state index < -0.39 is 11.7 Å². The normalized spacial score (nSPS) is 12.6. The van der Waals surface area contributed by atoms with Crippen LogP contribution in [0.25, 0.3) is 0 Å². The van der Waals surface area contributed by atoms with Crippen LogP contribution in [0.2, 0.25) is 0 Å². The Kier molecular flexibility index (Phi) is 4.03. The average Bonchev–Trinajstić information content (AvgIpc) is 2.81. The van der Waals surface area contributed by atoms with Gasteiger partial charge in [-0.05, 0) is 31.5 Å². The van der Waals surface area contributed by atoms with Crippen LogP contribution >= 0.6 is 11.5 Å². The quantitative estimate of drug-likeness (QED) is 0.694. The maximum Gasteiger partial charge on any atom is 0.416 e. The predicted molar refractivity (Wildman–Crippen MR) is 71.9 cm³/mol. The molecule has 1 aromatic heterocycles. The monoisotopic (exact) mass is 300 g/mol. The second-order valence-electron chi connectivity index (χ2n) is 4.08. The van der Waals surface area contributed by atoms with Gasteiger partial charge in [0.1, 0.15) is 0 Å². The largest absolute Gasteiger partial charge is 0.416 e. The molecule has 0 saturated heterocycles. The van der Waals surface area contributed by atoms with Crippen molar-refractivity contribution in [1.29, 1.82) is 0 Å². The minimum atomic E-state index is -4.36. The van der Waals surface area contributed by atoms with Crippen molar-refractivity contribution in [3.8, 4) is 0 Å². The molecule has 0 saturated carbocycles. The molecule has 4 nitrogen and oxygen atoms in total. The minimum absolute atomic E-state index is 0.405. The number of aromatic nitrogens is 2. The Balaban J connectivity index is 2.21. The first-order chi connectivity index (χ1) is 9.38. The molecule has 0 atom stereocenters. The van der Waals surface area contributed by atoms with Gasteiger partial charge in [0.05, 0.1) is 17.0 Å². The van der Waals surface area contributed by atoms with Gasteiger partial charge >= 0.3 is 6.18 Å². The van der Waals surface area contributed by atoms with Gasteiger partial charge in [0, 0.05) is 11.5 Å². The predicted octanol–water partition coefficient (Wildman–Crippen LogP) is 3.70. The van der Waals surface area contributed by atoms with Gasteiger partial charge in [-0.2, -0.15) is 18.3 Å². The highest BCUT2D eigenvalue weighted by atomic mass is 32.1. The summed E-state index contributed by atoms with van der Waals surface area (Å²) in [4.78, 5) is 0. The number of hydrazone groups is 1. The first kappa shape index (κ1) is 14.4. The van der Waals surface area contributed by atoms with E-state index in [1.807, 2.05) is 0 Å². The number of hydrogen-bond acceptors (Lipinski definition) is 5. The number of alkyl halides is 3. The third-order valence-electron chi connectivity index (χ3n) is 2.58. The molecule has 106 valence electrons. The molecule has 1 heterocycles. The van der Waals surface area contributed by atoms with Gasteiger partial charge in [-0.15, -0.1) is 5.10 Å². The highest BCUT2D eigenvalue weighted by Crippen LogP contribution is 2.29. The third kappa shape index (κ3) is 3.32. The molecule has 8 heteroatoms. The van der Waals surface area contributed by atoms with Crippen molar-refractivity contribution in [3.63, 3.8) is 0 Å². The molecular weight excluding hydrogens is 289 g/mol. The van der Waals surface area contributed by atoms with Crippen molar-refractivity contribution in [3.05, 3.63) is 41.1 Å². The molecule has 0 unspecified atom stereocenters. The van der Waals surface area contributed by atoms with Gasteiger partial charge in [-0.1, -0.05) is 16.6 Å². The fourth-order valence-corrected chi connectivity index (χ4v) is 1.96. The van der Waals surface area contributed by atoms with Gasteiger partial charge in [0.15, 0.2) is 5.00 Å². The number of nitrogens with one attached hydrogen (secondary N) is 1. The Labute approximate surface area is 117 Å². The fourth-order valence-electron chi connectivity index (χ4n) is 1.46. The lowest BCUT2D eigenvalue weighted by atomic mass is 10.1. The lowest BCUT2D eigenvalue weighted by molar-refractivity contribution is -0.137. The van der Waals surface area contributed by atoms with Crippen LogP contribution in [0.1, 0.15) is 23.7 Å². The molecule has 0 spiro atoms. The molecule has 0 aliphatic carbocycles. The Morgan fingerprint density at radius 3 is 2.70 bits per heavy atom. The Morgan fingerprint density at radius 2 is 2.10 bits per heavy atom. The summed E-state index contributed by atoms with van der Waals surface area (Å²) in [6.45, 7) is 3.40. The summed E-state index contributed by atoms with van der Waals surface area (Å²) in [5, 5.41) is 8.52. The summed E-state index contributed by atoms with van der Waals surface area (Å²) < 4.78 is 41.6. The zero-order chi connectivity index (χ0) is 14.8. The van der Waals surface area contributed by atoms with Crippen molar-refractivity contribution in [2.75, 3.05) is 5.43 Å². The molecule has 2 aromatic rings. The van der Waals surface area contributed by atoms with E-state index in [9.17, 15) is 13.2 Å². The zero-order valence-corrected chi connectivity index (χ0v) is 11.5. The van der Waals surface area contributed by atoms with Crippen LogP contribution in [0.5, 0.6) is 0 Å². The Hall–Kier alpha value is -1.96. The number of anilines is 1. The third-order valence-corrected chi connectivity index (χ3v) is 3.32. The summed E-state index contributed by atoms with van der Waals surface area (Å²) in [6, 6.07) is 5.03. The van der Waals surface area contributed by atoms with E-state index in [-0.39, 0.29) is 0 Å². The first-order valence-electron chi connectivity index (χ1n) is 5.65. The molecular formula is C12H11F3N4S. The fraction of sp³-hybridized carbons (Fsp3) is 0.250. The van der Waals surface area contributed by atoms with E-state index in [2.05, 4.69) is 20.1 Å². The van der Waals surface area contributed by atoms with Crippen LogP contribution in [0.3, 0.4) is 0 Å². The smallest absolute Gasteiger partial charge is 0.265 e. The molecule has 0 radical (unpaired) electrons. The maximum atomic E-state index is 12.6. The highest BCUT2D eigenvalue weighted by molar-refractivity contribution is 7.10. The molecule has 20 heavy (non-hydrogen) atoms. The molecule has 0 amide bonds.